The minimum absolute atomic E-state index is 0.0868. The van der Waals surface area contributed by atoms with E-state index in [-0.39, 0.29) is 17.2 Å². The molecule has 1 aliphatic heterocycles. The number of sulfone groups is 1. The van der Waals surface area contributed by atoms with E-state index < -0.39 is 21.0 Å². The van der Waals surface area contributed by atoms with Crippen molar-refractivity contribution >= 4 is 44.8 Å². The Bertz CT molecular complexity index is 1020. The maximum atomic E-state index is 12.9. The van der Waals surface area contributed by atoms with Crippen LogP contribution in [0.4, 0.5) is 11.4 Å². The van der Waals surface area contributed by atoms with E-state index in [4.69, 9.17) is 4.74 Å². The minimum atomic E-state index is -3.74. The molecule has 0 spiro atoms. The summed E-state index contributed by atoms with van der Waals surface area (Å²) < 4.78 is 30.9. The Kier molecular flexibility index (Phi) is 6.49. The molecule has 0 radical (unpaired) electrons. The van der Waals surface area contributed by atoms with Gasteiger partial charge in [-0.15, -0.1) is 11.8 Å². The van der Waals surface area contributed by atoms with Crippen LogP contribution in [0.2, 0.25) is 0 Å². The van der Waals surface area contributed by atoms with Crippen LogP contribution in [0.25, 0.3) is 0 Å². The van der Waals surface area contributed by atoms with E-state index in [2.05, 4.69) is 10.6 Å². The van der Waals surface area contributed by atoms with E-state index >= 15 is 0 Å². The molecule has 0 fully saturated rings. The van der Waals surface area contributed by atoms with Gasteiger partial charge in [-0.25, -0.2) is 8.42 Å². The number of benzene rings is 2. The van der Waals surface area contributed by atoms with Gasteiger partial charge in [0.15, 0.2) is 9.84 Å². The number of fused-ring (bicyclic) bond motifs is 1. The molecule has 29 heavy (non-hydrogen) atoms. The summed E-state index contributed by atoms with van der Waals surface area (Å²) in [6.07, 6.45) is 0.190. The van der Waals surface area contributed by atoms with E-state index in [1.807, 2.05) is 0 Å². The molecule has 7 nitrogen and oxygen atoms in total. The van der Waals surface area contributed by atoms with E-state index in [0.29, 0.717) is 29.3 Å². The van der Waals surface area contributed by atoms with Crippen LogP contribution in [0.5, 0.6) is 5.75 Å². The van der Waals surface area contributed by atoms with Gasteiger partial charge >= 0.3 is 0 Å². The predicted octanol–water partition coefficient (Wildman–Crippen LogP) is 3.32. The summed E-state index contributed by atoms with van der Waals surface area (Å²) in [7, 11) is -2.19. The van der Waals surface area contributed by atoms with Crippen molar-refractivity contribution in [2.75, 3.05) is 23.5 Å². The molecule has 154 valence electrons. The SMILES string of the molecule is COc1ccc(NC(=O)CC(C)S(=O)(=O)c2ccc3c(c2)NC(=O)CCS3)cc1. The highest BCUT2D eigenvalue weighted by molar-refractivity contribution is 7.99. The lowest BCUT2D eigenvalue weighted by atomic mass is 10.2. The van der Waals surface area contributed by atoms with Crippen LogP contribution < -0.4 is 15.4 Å². The monoisotopic (exact) mass is 434 g/mol. The molecular weight excluding hydrogens is 412 g/mol. The maximum absolute atomic E-state index is 12.9. The molecule has 0 bridgehead atoms. The topological polar surface area (TPSA) is 102 Å². The Hall–Kier alpha value is -2.52. The summed E-state index contributed by atoms with van der Waals surface area (Å²) in [5.74, 6) is 0.766. The van der Waals surface area contributed by atoms with Crippen molar-refractivity contribution in [2.45, 2.75) is 34.8 Å². The first-order valence-corrected chi connectivity index (χ1v) is 11.6. The largest absolute Gasteiger partial charge is 0.497 e. The molecular formula is C20H22N2O5S2. The zero-order chi connectivity index (χ0) is 21.0. The Morgan fingerprint density at radius 1 is 1.24 bits per heavy atom. The third kappa shape index (κ3) is 5.10. The number of methoxy groups -OCH3 is 1. The minimum Gasteiger partial charge on any atom is -0.497 e. The summed E-state index contributed by atoms with van der Waals surface area (Å²) in [6.45, 7) is 1.50. The van der Waals surface area contributed by atoms with E-state index in [1.54, 1.807) is 37.4 Å². The number of ether oxygens (including phenoxy) is 1. The Morgan fingerprint density at radius 3 is 2.66 bits per heavy atom. The number of amides is 2. The van der Waals surface area contributed by atoms with Crippen molar-refractivity contribution in [3.05, 3.63) is 42.5 Å². The molecule has 1 atom stereocenters. The average molecular weight is 435 g/mol. The number of thioether (sulfide) groups is 1. The predicted molar refractivity (Wildman–Crippen MR) is 113 cm³/mol. The van der Waals surface area contributed by atoms with E-state index in [9.17, 15) is 18.0 Å². The zero-order valence-electron chi connectivity index (χ0n) is 16.1. The highest BCUT2D eigenvalue weighted by Crippen LogP contribution is 2.33. The summed E-state index contributed by atoms with van der Waals surface area (Å²) in [4.78, 5) is 25.0. The molecule has 2 aromatic rings. The molecule has 0 saturated heterocycles. The Labute approximate surface area is 174 Å². The highest BCUT2D eigenvalue weighted by Gasteiger charge is 2.27. The van der Waals surface area contributed by atoms with Gasteiger partial charge in [-0.3, -0.25) is 9.59 Å². The zero-order valence-corrected chi connectivity index (χ0v) is 17.7. The first-order chi connectivity index (χ1) is 13.8. The molecule has 2 N–H and O–H groups in total. The Morgan fingerprint density at radius 2 is 1.97 bits per heavy atom. The van der Waals surface area contributed by atoms with Gasteiger partial charge in [0.1, 0.15) is 5.75 Å². The normalized spacial score (nSPS) is 14.9. The number of nitrogens with one attached hydrogen (secondary N) is 2. The standard InChI is InChI=1S/C20H22N2O5S2/c1-13(11-20(24)21-14-3-5-15(27-2)6-4-14)29(25,26)16-7-8-18-17(12-16)22-19(23)9-10-28-18/h3-8,12-13H,9-11H2,1-2H3,(H,21,24)(H,22,23). The smallest absolute Gasteiger partial charge is 0.225 e. The van der Waals surface area contributed by atoms with Gasteiger partial charge in [0.2, 0.25) is 11.8 Å². The van der Waals surface area contributed by atoms with Crippen molar-refractivity contribution in [1.82, 2.24) is 0 Å². The third-order valence-corrected chi connectivity index (χ3v) is 7.73. The molecule has 1 aliphatic rings. The van der Waals surface area contributed by atoms with Crippen molar-refractivity contribution in [1.29, 1.82) is 0 Å². The molecule has 0 aromatic heterocycles. The van der Waals surface area contributed by atoms with Gasteiger partial charge in [-0.05, 0) is 49.4 Å². The maximum Gasteiger partial charge on any atom is 0.225 e. The van der Waals surface area contributed by atoms with Gasteiger partial charge in [0, 0.05) is 29.2 Å². The fourth-order valence-electron chi connectivity index (χ4n) is 2.87. The van der Waals surface area contributed by atoms with Crippen LogP contribution in [0.3, 0.4) is 0 Å². The lowest BCUT2D eigenvalue weighted by Crippen LogP contribution is -2.25. The molecule has 1 unspecified atom stereocenters. The molecule has 2 aromatic carbocycles. The number of hydrogen-bond donors (Lipinski definition) is 2. The molecule has 2 amide bonds. The average Bonchev–Trinajstić information content (AvgIpc) is 2.88. The van der Waals surface area contributed by atoms with E-state index in [0.717, 1.165) is 4.90 Å². The summed E-state index contributed by atoms with van der Waals surface area (Å²) >= 11 is 1.50. The summed E-state index contributed by atoms with van der Waals surface area (Å²) in [5, 5.41) is 4.51. The van der Waals surface area contributed by atoms with Crippen molar-refractivity contribution in [3.8, 4) is 5.75 Å². The molecule has 1 heterocycles. The number of hydrogen-bond acceptors (Lipinski definition) is 6. The first-order valence-electron chi connectivity index (χ1n) is 9.04. The van der Waals surface area contributed by atoms with Crippen molar-refractivity contribution in [2.24, 2.45) is 0 Å². The number of carbonyl (C=O) groups excluding carboxylic acids is 2. The van der Waals surface area contributed by atoms with Gasteiger partial charge in [-0.1, -0.05) is 0 Å². The van der Waals surface area contributed by atoms with Crippen LogP contribution in [-0.4, -0.2) is 38.3 Å². The second kappa shape index (κ2) is 8.87. The van der Waals surface area contributed by atoms with E-state index in [1.165, 1.54) is 30.8 Å². The lowest BCUT2D eigenvalue weighted by molar-refractivity contribution is -0.116. The number of anilines is 2. The fourth-order valence-corrected chi connectivity index (χ4v) is 5.18. The molecule has 9 heteroatoms. The van der Waals surface area contributed by atoms with Crippen LogP contribution >= 0.6 is 11.8 Å². The number of rotatable bonds is 6. The first kappa shape index (κ1) is 21.2. The number of carbonyl (C=O) groups is 2. The summed E-state index contributed by atoms with van der Waals surface area (Å²) in [6, 6.07) is 11.5. The van der Waals surface area contributed by atoms with Gasteiger partial charge in [0.05, 0.1) is 22.9 Å². The highest BCUT2D eigenvalue weighted by atomic mass is 32.2. The van der Waals surface area contributed by atoms with Crippen LogP contribution in [0, 0.1) is 0 Å². The van der Waals surface area contributed by atoms with Gasteiger partial charge in [0.25, 0.3) is 0 Å². The van der Waals surface area contributed by atoms with Crippen molar-refractivity contribution < 1.29 is 22.7 Å². The second-order valence-corrected chi connectivity index (χ2v) is 10.1. The fraction of sp³-hybridized carbons (Fsp3) is 0.300. The van der Waals surface area contributed by atoms with Crippen molar-refractivity contribution in [3.63, 3.8) is 0 Å². The summed E-state index contributed by atoms with van der Waals surface area (Å²) in [5.41, 5.74) is 1.05. The van der Waals surface area contributed by atoms with Crippen LogP contribution in [0.1, 0.15) is 19.8 Å². The molecule has 3 rings (SSSR count). The Balaban J connectivity index is 1.71. The van der Waals surface area contributed by atoms with Gasteiger partial charge < -0.3 is 15.4 Å². The van der Waals surface area contributed by atoms with Crippen LogP contribution in [0.15, 0.2) is 52.3 Å². The van der Waals surface area contributed by atoms with Gasteiger partial charge in [-0.2, -0.15) is 0 Å². The molecule has 0 aliphatic carbocycles. The lowest BCUT2D eigenvalue weighted by Gasteiger charge is -2.15. The molecule has 0 saturated carbocycles. The van der Waals surface area contributed by atoms with Crippen LogP contribution in [-0.2, 0) is 19.4 Å². The quantitative estimate of drug-likeness (QED) is 0.723. The third-order valence-electron chi connectivity index (χ3n) is 4.52. The second-order valence-electron chi connectivity index (χ2n) is 6.64.